The Morgan fingerprint density at radius 1 is 1.33 bits per heavy atom. The number of nitrogens with two attached hydrogens (primary N) is 1. The van der Waals surface area contributed by atoms with Crippen molar-refractivity contribution in [1.29, 1.82) is 0 Å². The van der Waals surface area contributed by atoms with Gasteiger partial charge in [-0.15, -0.1) is 0 Å². The van der Waals surface area contributed by atoms with Crippen molar-refractivity contribution in [2.75, 3.05) is 39.2 Å². The lowest BCUT2D eigenvalue weighted by atomic mass is 10.3. The average molecular weight is 237 g/mol. The molecule has 0 saturated heterocycles. The Bertz CT molecular complexity index is 167. The largest absolute Gasteiger partial charge is 0.385 e. The van der Waals surface area contributed by atoms with Crippen molar-refractivity contribution in [2.24, 2.45) is 5.73 Å². The van der Waals surface area contributed by atoms with Crippen molar-refractivity contribution < 1.29 is 13.7 Å². The van der Waals surface area contributed by atoms with Crippen molar-refractivity contribution in [1.82, 2.24) is 0 Å². The van der Waals surface area contributed by atoms with E-state index in [0.717, 1.165) is 12.8 Å². The van der Waals surface area contributed by atoms with E-state index in [1.54, 1.807) is 7.11 Å². The fourth-order valence-electron chi connectivity index (χ4n) is 1.12. The third-order valence-corrected chi connectivity index (χ3v) is 3.79. The average Bonchev–Trinajstić information content (AvgIpc) is 2.23. The Morgan fingerprint density at radius 2 is 2.07 bits per heavy atom. The fraction of sp³-hybridized carbons (Fsp3) is 1.00. The maximum atomic E-state index is 11.6. The highest BCUT2D eigenvalue weighted by atomic mass is 32.2. The van der Waals surface area contributed by atoms with E-state index in [0.29, 0.717) is 32.1 Å². The molecular formula is C10H23NO3S. The van der Waals surface area contributed by atoms with Crippen molar-refractivity contribution in [3.63, 3.8) is 0 Å². The van der Waals surface area contributed by atoms with Crippen molar-refractivity contribution in [2.45, 2.75) is 25.0 Å². The summed E-state index contributed by atoms with van der Waals surface area (Å²) in [6.45, 7) is 4.52. The van der Waals surface area contributed by atoms with Crippen LogP contribution in [0.3, 0.4) is 0 Å². The molecule has 5 heteroatoms. The summed E-state index contributed by atoms with van der Waals surface area (Å²) < 4.78 is 21.8. The van der Waals surface area contributed by atoms with Crippen molar-refractivity contribution >= 4 is 10.8 Å². The van der Waals surface area contributed by atoms with Crippen LogP contribution >= 0.6 is 0 Å². The van der Waals surface area contributed by atoms with E-state index in [1.807, 2.05) is 6.92 Å². The van der Waals surface area contributed by atoms with Crippen molar-refractivity contribution in [3.8, 4) is 0 Å². The van der Waals surface area contributed by atoms with Crippen LogP contribution in [-0.2, 0) is 20.3 Å². The second-order valence-corrected chi connectivity index (χ2v) is 5.41. The van der Waals surface area contributed by atoms with Gasteiger partial charge in [0.25, 0.3) is 0 Å². The van der Waals surface area contributed by atoms with Gasteiger partial charge in [-0.3, -0.25) is 4.21 Å². The fourth-order valence-corrected chi connectivity index (χ4v) is 2.20. The number of ether oxygens (including phenoxy) is 2. The van der Waals surface area contributed by atoms with Gasteiger partial charge in [-0.2, -0.15) is 0 Å². The lowest BCUT2D eigenvalue weighted by molar-refractivity contribution is 0.112. The third-order valence-electron chi connectivity index (χ3n) is 2.09. The summed E-state index contributed by atoms with van der Waals surface area (Å²) in [4.78, 5) is 0. The molecule has 0 fully saturated rings. The van der Waals surface area contributed by atoms with E-state index in [2.05, 4.69) is 0 Å². The minimum atomic E-state index is -0.808. The molecule has 0 radical (unpaired) electrons. The van der Waals surface area contributed by atoms with Gasteiger partial charge in [0.05, 0.1) is 6.61 Å². The topological polar surface area (TPSA) is 61.5 Å². The summed E-state index contributed by atoms with van der Waals surface area (Å²) in [6.07, 6.45) is 1.71. The Kier molecular flexibility index (Phi) is 10.6. The van der Waals surface area contributed by atoms with Crippen LogP contribution in [0.2, 0.25) is 0 Å². The number of rotatable bonds is 10. The molecule has 4 nitrogen and oxygen atoms in total. The second-order valence-electron chi connectivity index (χ2n) is 3.43. The van der Waals surface area contributed by atoms with E-state index in [1.165, 1.54) is 0 Å². The Morgan fingerprint density at radius 3 is 2.67 bits per heavy atom. The van der Waals surface area contributed by atoms with Crippen molar-refractivity contribution in [3.05, 3.63) is 0 Å². The van der Waals surface area contributed by atoms with Gasteiger partial charge >= 0.3 is 0 Å². The molecule has 0 aliphatic heterocycles. The first-order chi connectivity index (χ1) is 7.22. The molecule has 0 aromatic rings. The third kappa shape index (κ3) is 8.99. The van der Waals surface area contributed by atoms with Crippen LogP contribution < -0.4 is 5.73 Å². The SMILES string of the molecule is COCCCOCCS(=O)C(C)CCN. The van der Waals surface area contributed by atoms with Crippen LogP contribution in [0.1, 0.15) is 19.8 Å². The summed E-state index contributed by atoms with van der Waals surface area (Å²) in [6, 6.07) is 0. The van der Waals surface area contributed by atoms with Gasteiger partial charge in [0.2, 0.25) is 0 Å². The molecule has 0 aliphatic carbocycles. The van der Waals surface area contributed by atoms with Crippen LogP contribution in [0, 0.1) is 0 Å². The van der Waals surface area contributed by atoms with Crippen LogP contribution in [0.4, 0.5) is 0 Å². The van der Waals surface area contributed by atoms with Crippen LogP contribution in [0.5, 0.6) is 0 Å². The summed E-state index contributed by atoms with van der Waals surface area (Å²) >= 11 is 0. The van der Waals surface area contributed by atoms with Gasteiger partial charge in [-0.1, -0.05) is 6.92 Å². The molecule has 2 N–H and O–H groups in total. The normalized spacial score (nSPS) is 15.1. The maximum Gasteiger partial charge on any atom is 0.0581 e. The number of hydrogen-bond donors (Lipinski definition) is 1. The van der Waals surface area contributed by atoms with Gasteiger partial charge in [-0.05, 0) is 19.4 Å². The molecule has 0 aromatic heterocycles. The molecule has 2 atom stereocenters. The molecule has 0 saturated carbocycles. The maximum absolute atomic E-state index is 11.6. The predicted octanol–water partition coefficient (Wildman–Crippen LogP) is 0.526. The molecular weight excluding hydrogens is 214 g/mol. The lowest BCUT2D eigenvalue weighted by Gasteiger charge is -2.10. The zero-order chi connectivity index (χ0) is 11.5. The Balaban J connectivity index is 3.30. The molecule has 0 aliphatic rings. The highest BCUT2D eigenvalue weighted by molar-refractivity contribution is 7.85. The quantitative estimate of drug-likeness (QED) is 0.563. The molecule has 92 valence electrons. The van der Waals surface area contributed by atoms with Gasteiger partial charge in [0, 0.05) is 42.1 Å². The Hall–Kier alpha value is 0.0300. The lowest BCUT2D eigenvalue weighted by Crippen LogP contribution is -2.20. The van der Waals surface area contributed by atoms with Gasteiger partial charge < -0.3 is 15.2 Å². The van der Waals surface area contributed by atoms with Crippen LogP contribution in [-0.4, -0.2) is 48.7 Å². The first-order valence-electron chi connectivity index (χ1n) is 5.36. The second kappa shape index (κ2) is 10.5. The Labute approximate surface area is 95.0 Å². The van der Waals surface area contributed by atoms with Gasteiger partial charge in [0.15, 0.2) is 0 Å². The summed E-state index contributed by atoms with van der Waals surface area (Å²) in [5, 5.41) is 0.178. The number of hydrogen-bond acceptors (Lipinski definition) is 4. The van der Waals surface area contributed by atoms with Crippen LogP contribution in [0.15, 0.2) is 0 Å². The molecule has 0 amide bonds. The number of methoxy groups -OCH3 is 1. The molecule has 2 unspecified atom stereocenters. The monoisotopic (exact) mass is 237 g/mol. The summed E-state index contributed by atoms with van der Waals surface area (Å²) in [5.74, 6) is 0.605. The van der Waals surface area contributed by atoms with Gasteiger partial charge in [-0.25, -0.2) is 0 Å². The zero-order valence-electron chi connectivity index (χ0n) is 9.74. The minimum absolute atomic E-state index is 0.178. The minimum Gasteiger partial charge on any atom is -0.385 e. The smallest absolute Gasteiger partial charge is 0.0581 e. The highest BCUT2D eigenvalue weighted by Gasteiger charge is 2.09. The van der Waals surface area contributed by atoms with E-state index in [9.17, 15) is 4.21 Å². The van der Waals surface area contributed by atoms with E-state index in [-0.39, 0.29) is 5.25 Å². The highest BCUT2D eigenvalue weighted by Crippen LogP contribution is 2.00. The first kappa shape index (κ1) is 15.0. The van der Waals surface area contributed by atoms with E-state index < -0.39 is 10.8 Å². The van der Waals surface area contributed by atoms with Crippen LogP contribution in [0.25, 0.3) is 0 Å². The molecule has 0 bridgehead atoms. The zero-order valence-corrected chi connectivity index (χ0v) is 10.6. The van der Waals surface area contributed by atoms with E-state index in [4.69, 9.17) is 15.2 Å². The molecule has 0 rings (SSSR count). The summed E-state index contributed by atoms with van der Waals surface area (Å²) in [7, 11) is 0.862. The molecule has 15 heavy (non-hydrogen) atoms. The predicted molar refractivity (Wildman–Crippen MR) is 63.5 cm³/mol. The molecule has 0 heterocycles. The first-order valence-corrected chi connectivity index (χ1v) is 6.74. The molecule has 0 spiro atoms. The summed E-state index contributed by atoms with van der Waals surface area (Å²) in [5.41, 5.74) is 5.40. The van der Waals surface area contributed by atoms with E-state index >= 15 is 0 Å². The standard InChI is InChI=1S/C10H23NO3S/c1-10(4-5-11)15(12)9-8-14-7-3-6-13-2/h10H,3-9,11H2,1-2H3. The molecule has 0 aromatic carbocycles. The van der Waals surface area contributed by atoms with Gasteiger partial charge in [0.1, 0.15) is 0 Å².